The van der Waals surface area contributed by atoms with Crippen LogP contribution in [0.3, 0.4) is 0 Å². The highest BCUT2D eigenvalue weighted by Crippen LogP contribution is 2.58. The molecular weight excluding hydrogens is 511 g/mol. The number of carbonyl (C=O) groups excluding carboxylic acids is 2. The van der Waals surface area contributed by atoms with Crippen LogP contribution in [0.5, 0.6) is 5.75 Å². The van der Waals surface area contributed by atoms with Crippen molar-refractivity contribution in [2.24, 2.45) is 0 Å². The van der Waals surface area contributed by atoms with Crippen LogP contribution in [0.1, 0.15) is 34.0 Å². The van der Waals surface area contributed by atoms with Crippen LogP contribution in [0, 0.1) is 13.8 Å². The molecule has 5 nitrogen and oxygen atoms in total. The molecule has 0 fully saturated rings. The minimum Gasteiger partial charge on any atom is -0.494 e. The maximum atomic E-state index is 14.8. The lowest BCUT2D eigenvalue weighted by Crippen LogP contribution is -2.59. The molecule has 14 heteroatoms. The highest BCUT2D eigenvalue weighted by atomic mass is 19.4. The minimum atomic E-state index is -6.86. The number of amides is 2. The van der Waals surface area contributed by atoms with Gasteiger partial charge < -0.3 is 15.4 Å². The van der Waals surface area contributed by atoms with Gasteiger partial charge in [0.15, 0.2) is 5.75 Å². The van der Waals surface area contributed by atoms with Crippen molar-refractivity contribution in [2.75, 3.05) is 17.7 Å². The second-order valence-corrected chi connectivity index (χ2v) is 7.74. The van der Waals surface area contributed by atoms with E-state index in [2.05, 4.69) is 10.6 Å². The summed E-state index contributed by atoms with van der Waals surface area (Å²) in [5, 5.41) is 4.71. The molecule has 0 aliphatic carbocycles. The summed E-state index contributed by atoms with van der Waals surface area (Å²) in [6.45, 7) is 3.16. The van der Waals surface area contributed by atoms with E-state index in [9.17, 15) is 49.1 Å². The largest absolute Gasteiger partial charge is 0.494 e. The van der Waals surface area contributed by atoms with Gasteiger partial charge in [-0.25, -0.2) is 4.39 Å². The van der Waals surface area contributed by atoms with Gasteiger partial charge in [0.2, 0.25) is 5.91 Å². The number of alkyl halides is 9. The van der Waals surface area contributed by atoms with Crippen molar-refractivity contribution in [3.8, 4) is 5.75 Å². The number of halogens is 9. The topological polar surface area (TPSA) is 67.4 Å². The summed E-state index contributed by atoms with van der Waals surface area (Å²) in [5.41, 5.74) is -9.29. The lowest BCUT2D eigenvalue weighted by molar-refractivity contribution is -0.389. The molecule has 198 valence electrons. The average Bonchev–Trinajstić information content (AvgIpc) is 2.72. The summed E-state index contributed by atoms with van der Waals surface area (Å²) in [4.78, 5) is 24.2. The van der Waals surface area contributed by atoms with Crippen LogP contribution in [0.25, 0.3) is 0 Å². The number of carbonyl (C=O) groups is 2. The number of anilines is 2. The van der Waals surface area contributed by atoms with Crippen LogP contribution >= 0.6 is 0 Å². The van der Waals surface area contributed by atoms with Gasteiger partial charge in [0.1, 0.15) is 0 Å². The first-order valence-corrected chi connectivity index (χ1v) is 9.87. The van der Waals surface area contributed by atoms with E-state index < -0.39 is 52.4 Å². The van der Waals surface area contributed by atoms with Crippen LogP contribution < -0.4 is 15.4 Å². The van der Waals surface area contributed by atoms with Crippen molar-refractivity contribution < 1.29 is 53.8 Å². The van der Waals surface area contributed by atoms with Gasteiger partial charge in [-0.3, -0.25) is 9.59 Å². The number of hydrogen-bond acceptors (Lipinski definition) is 3. The fourth-order valence-electron chi connectivity index (χ4n) is 3.48. The van der Waals surface area contributed by atoms with Crippen molar-refractivity contribution in [1.82, 2.24) is 0 Å². The van der Waals surface area contributed by atoms with Crippen LogP contribution in [0.15, 0.2) is 30.3 Å². The van der Waals surface area contributed by atoms with Crippen LogP contribution in [-0.4, -0.2) is 37.2 Å². The lowest BCUT2D eigenvalue weighted by atomic mass is 9.85. The van der Waals surface area contributed by atoms with Gasteiger partial charge >= 0.3 is 23.9 Å². The normalized spacial score (nSPS) is 14.1. The first kappa shape index (κ1) is 28.8. The first-order valence-electron chi connectivity index (χ1n) is 9.87. The first-order chi connectivity index (χ1) is 16.3. The lowest BCUT2D eigenvalue weighted by Gasteiger charge is -2.36. The molecule has 1 atom stereocenters. The molecule has 2 aromatic rings. The smallest absolute Gasteiger partial charge is 0.457 e. The predicted molar refractivity (Wildman–Crippen MR) is 111 cm³/mol. The number of para-hydroxylation sites is 1. The van der Waals surface area contributed by atoms with E-state index in [0.717, 1.165) is 13.8 Å². The predicted octanol–water partition coefficient (Wildman–Crippen LogP) is 6.45. The van der Waals surface area contributed by atoms with Gasteiger partial charge in [0.05, 0.1) is 18.4 Å². The third-order valence-corrected chi connectivity index (χ3v) is 5.12. The second-order valence-electron chi connectivity index (χ2n) is 7.74. The Morgan fingerprint density at radius 2 is 1.36 bits per heavy atom. The molecule has 2 rings (SSSR count). The Hall–Kier alpha value is -3.45. The summed E-state index contributed by atoms with van der Waals surface area (Å²) >= 11 is 0. The SMILES string of the molecule is COc1c(NC(C)=O)cccc1C(=O)Nc1c(C)cc(C(F)(C(F)(F)F)C(F)(F)C(F)(F)F)cc1C. The van der Waals surface area contributed by atoms with E-state index in [0.29, 0.717) is 0 Å². The number of methoxy groups -OCH3 is 1. The van der Waals surface area contributed by atoms with Gasteiger partial charge in [-0.1, -0.05) is 18.2 Å². The molecule has 0 aliphatic rings. The molecule has 0 radical (unpaired) electrons. The third kappa shape index (κ3) is 4.93. The zero-order chi connectivity index (χ0) is 27.9. The molecule has 0 aliphatic heterocycles. The van der Waals surface area contributed by atoms with E-state index in [1.807, 2.05) is 0 Å². The quantitative estimate of drug-likeness (QED) is 0.422. The molecule has 1 unspecified atom stereocenters. The average molecular weight is 530 g/mol. The Morgan fingerprint density at radius 3 is 1.78 bits per heavy atom. The van der Waals surface area contributed by atoms with Crippen LogP contribution in [-0.2, 0) is 10.5 Å². The Morgan fingerprint density at radius 1 is 0.833 bits per heavy atom. The highest BCUT2D eigenvalue weighted by Gasteiger charge is 2.81. The van der Waals surface area contributed by atoms with Crippen molar-refractivity contribution in [1.29, 1.82) is 0 Å². The van der Waals surface area contributed by atoms with Crippen LogP contribution in [0.4, 0.5) is 50.9 Å². The van der Waals surface area contributed by atoms with Crippen molar-refractivity contribution >= 4 is 23.2 Å². The standard InChI is InChI=1S/C22H19F9N2O3/c1-10-8-13(19(23,21(26,27)28)20(24,25)22(29,30)31)9-11(2)16(10)33-18(35)14-6-5-7-15(17(14)36-4)32-12(3)34/h5-9H,1-4H3,(H,32,34)(H,33,35). The molecule has 0 saturated heterocycles. The number of hydrogen-bond donors (Lipinski definition) is 2. The maximum absolute atomic E-state index is 14.8. The number of ether oxygens (including phenoxy) is 1. The Labute approximate surface area is 198 Å². The molecule has 2 N–H and O–H groups in total. The summed E-state index contributed by atoms with van der Waals surface area (Å²) in [6.07, 6.45) is -13.5. The Balaban J connectivity index is 2.59. The van der Waals surface area contributed by atoms with E-state index >= 15 is 0 Å². The van der Waals surface area contributed by atoms with Gasteiger partial charge in [0, 0.05) is 18.2 Å². The molecule has 0 aromatic heterocycles. The highest BCUT2D eigenvalue weighted by molar-refractivity contribution is 6.08. The second kappa shape index (κ2) is 9.54. The molecule has 0 saturated carbocycles. The summed E-state index contributed by atoms with van der Waals surface area (Å²) in [6, 6.07) is 4.34. The molecule has 2 amide bonds. The van der Waals surface area contributed by atoms with E-state index in [4.69, 9.17) is 4.74 Å². The molecule has 0 spiro atoms. The van der Waals surface area contributed by atoms with Crippen LogP contribution in [0.2, 0.25) is 0 Å². The summed E-state index contributed by atoms with van der Waals surface area (Å²) in [5.74, 6) is -8.34. The van der Waals surface area contributed by atoms with E-state index in [1.54, 1.807) is 0 Å². The molecule has 36 heavy (non-hydrogen) atoms. The van der Waals surface area contributed by atoms with Crippen molar-refractivity contribution in [2.45, 2.75) is 44.7 Å². The van der Waals surface area contributed by atoms with E-state index in [-0.39, 0.29) is 34.8 Å². The van der Waals surface area contributed by atoms with Gasteiger partial charge in [-0.05, 0) is 37.1 Å². The number of rotatable bonds is 6. The third-order valence-electron chi connectivity index (χ3n) is 5.12. The monoisotopic (exact) mass is 530 g/mol. The minimum absolute atomic E-state index is 0.0956. The number of nitrogens with one attached hydrogen (secondary N) is 2. The molecule has 0 heterocycles. The molecule has 0 bridgehead atoms. The molecule has 2 aromatic carbocycles. The van der Waals surface area contributed by atoms with Crippen molar-refractivity contribution in [3.63, 3.8) is 0 Å². The summed E-state index contributed by atoms with van der Waals surface area (Å²) < 4.78 is 126. The van der Waals surface area contributed by atoms with E-state index in [1.165, 1.54) is 32.2 Å². The summed E-state index contributed by atoms with van der Waals surface area (Å²) in [7, 11) is 1.18. The van der Waals surface area contributed by atoms with Crippen molar-refractivity contribution in [3.05, 3.63) is 52.6 Å². The number of benzene rings is 2. The Bertz CT molecular complexity index is 1150. The van der Waals surface area contributed by atoms with Gasteiger partial charge in [0.25, 0.3) is 5.91 Å². The number of aryl methyl sites for hydroxylation is 2. The fourth-order valence-corrected chi connectivity index (χ4v) is 3.48. The van der Waals surface area contributed by atoms with Gasteiger partial charge in [-0.15, -0.1) is 0 Å². The Kier molecular flexibility index (Phi) is 7.63. The fraction of sp³-hybridized carbons (Fsp3) is 0.364. The molecular formula is C22H19F9N2O3. The maximum Gasteiger partial charge on any atom is 0.457 e. The zero-order valence-electron chi connectivity index (χ0n) is 19.0. The zero-order valence-corrected chi connectivity index (χ0v) is 19.0. The van der Waals surface area contributed by atoms with Gasteiger partial charge in [-0.2, -0.15) is 35.1 Å².